The predicted octanol–water partition coefficient (Wildman–Crippen LogP) is 3.04. The van der Waals surface area contributed by atoms with Crippen molar-refractivity contribution in [3.8, 4) is 5.75 Å². The Bertz CT molecular complexity index is 390. The Morgan fingerprint density at radius 2 is 1.95 bits per heavy atom. The molecule has 0 aliphatic carbocycles. The van der Waals surface area contributed by atoms with E-state index in [0.29, 0.717) is 18.6 Å². The molecule has 0 aromatic heterocycles. The maximum absolute atomic E-state index is 8.82. The fraction of sp³-hybridized carbons (Fsp3) is 0.647. The molecule has 1 N–H and O–H groups in total. The molecule has 1 aliphatic rings. The number of unbranched alkanes of at least 4 members (excludes halogenated alkanes) is 2. The van der Waals surface area contributed by atoms with Crippen LogP contribution in [0.15, 0.2) is 24.3 Å². The summed E-state index contributed by atoms with van der Waals surface area (Å²) >= 11 is 0. The fourth-order valence-corrected chi connectivity index (χ4v) is 3.13. The molecule has 1 saturated heterocycles. The number of rotatable bonds is 7. The van der Waals surface area contributed by atoms with Gasteiger partial charge in [0.1, 0.15) is 5.75 Å². The first kappa shape index (κ1) is 15.3. The van der Waals surface area contributed by atoms with E-state index in [1.807, 2.05) is 0 Å². The number of likely N-dealkylation sites (tertiary alicyclic amines) is 1. The molecule has 3 nitrogen and oxygen atoms in total. The van der Waals surface area contributed by atoms with Crippen LogP contribution in [-0.4, -0.2) is 42.9 Å². The molecular weight excluding hydrogens is 250 g/mol. The normalized spacial score (nSPS) is 23.1. The average Bonchev–Trinajstić information content (AvgIpc) is 2.85. The molecule has 0 radical (unpaired) electrons. The summed E-state index contributed by atoms with van der Waals surface area (Å²) in [7, 11) is 1.71. The van der Waals surface area contributed by atoms with Crippen molar-refractivity contribution in [2.75, 3.05) is 26.8 Å². The molecule has 0 saturated carbocycles. The minimum atomic E-state index is 0.323. The van der Waals surface area contributed by atoms with Crippen molar-refractivity contribution in [1.82, 2.24) is 4.90 Å². The Morgan fingerprint density at radius 1 is 1.20 bits per heavy atom. The molecular formula is C17H27NO2. The lowest BCUT2D eigenvalue weighted by Gasteiger charge is -2.20. The molecule has 0 spiro atoms. The van der Waals surface area contributed by atoms with E-state index in [2.05, 4.69) is 36.1 Å². The summed E-state index contributed by atoms with van der Waals surface area (Å²) in [5.74, 6) is 1.58. The number of nitrogens with zero attached hydrogens (tertiary/aromatic N) is 1. The van der Waals surface area contributed by atoms with Crippen molar-refractivity contribution in [2.24, 2.45) is 0 Å². The second-order valence-corrected chi connectivity index (χ2v) is 5.83. The summed E-state index contributed by atoms with van der Waals surface area (Å²) in [5.41, 5.74) is 1.43. The largest absolute Gasteiger partial charge is 0.497 e. The number of aliphatic hydroxyl groups excluding tert-OH is 1. The van der Waals surface area contributed by atoms with Gasteiger partial charge < -0.3 is 14.7 Å². The first-order chi connectivity index (χ1) is 9.74. The molecule has 1 aromatic rings. The smallest absolute Gasteiger partial charge is 0.118 e. The van der Waals surface area contributed by atoms with Crippen molar-refractivity contribution in [2.45, 2.75) is 44.6 Å². The van der Waals surface area contributed by atoms with Gasteiger partial charge in [-0.1, -0.05) is 12.1 Å². The molecule has 1 heterocycles. The third-order valence-electron chi connectivity index (χ3n) is 4.39. The summed E-state index contributed by atoms with van der Waals surface area (Å²) in [6.45, 7) is 4.97. The number of hydrogen-bond acceptors (Lipinski definition) is 3. The predicted molar refractivity (Wildman–Crippen MR) is 82.3 cm³/mol. The average molecular weight is 277 g/mol. The van der Waals surface area contributed by atoms with Crippen LogP contribution in [0, 0.1) is 0 Å². The number of methoxy groups -OCH3 is 1. The standard InChI is InChI=1S/C17H27NO2/c1-14-12-16(13-18(14)10-4-3-5-11-19)15-6-8-17(20-2)9-7-15/h6-9,14,16,19H,3-5,10-13H2,1-2H3/t14-,16+/m1/s1. The second-order valence-electron chi connectivity index (χ2n) is 5.83. The van der Waals surface area contributed by atoms with Gasteiger partial charge in [0, 0.05) is 19.2 Å². The summed E-state index contributed by atoms with van der Waals surface area (Å²) in [5, 5.41) is 8.82. The lowest BCUT2D eigenvalue weighted by atomic mass is 9.97. The van der Waals surface area contributed by atoms with Gasteiger partial charge in [0.2, 0.25) is 0 Å². The molecule has 20 heavy (non-hydrogen) atoms. The van der Waals surface area contributed by atoms with Crippen molar-refractivity contribution in [3.63, 3.8) is 0 Å². The minimum absolute atomic E-state index is 0.323. The van der Waals surface area contributed by atoms with Crippen molar-refractivity contribution in [1.29, 1.82) is 0 Å². The van der Waals surface area contributed by atoms with Gasteiger partial charge in [-0.05, 0) is 62.8 Å². The number of benzene rings is 1. The molecule has 1 fully saturated rings. The maximum Gasteiger partial charge on any atom is 0.118 e. The molecule has 2 rings (SSSR count). The molecule has 1 aliphatic heterocycles. The van der Waals surface area contributed by atoms with E-state index < -0.39 is 0 Å². The van der Waals surface area contributed by atoms with Crippen molar-refractivity contribution >= 4 is 0 Å². The van der Waals surface area contributed by atoms with E-state index in [4.69, 9.17) is 9.84 Å². The lowest BCUT2D eigenvalue weighted by molar-refractivity contribution is 0.248. The number of hydrogen-bond donors (Lipinski definition) is 1. The van der Waals surface area contributed by atoms with Crippen LogP contribution in [0.25, 0.3) is 0 Å². The summed E-state index contributed by atoms with van der Waals surface area (Å²) < 4.78 is 5.22. The van der Waals surface area contributed by atoms with E-state index in [1.54, 1.807) is 7.11 Å². The van der Waals surface area contributed by atoms with Gasteiger partial charge in [-0.15, -0.1) is 0 Å². The highest BCUT2D eigenvalue weighted by Crippen LogP contribution is 2.32. The highest BCUT2D eigenvalue weighted by molar-refractivity contribution is 5.30. The zero-order chi connectivity index (χ0) is 14.4. The van der Waals surface area contributed by atoms with Crippen LogP contribution in [0.2, 0.25) is 0 Å². The Kier molecular flexibility index (Phi) is 5.86. The number of ether oxygens (including phenoxy) is 1. The Morgan fingerprint density at radius 3 is 2.60 bits per heavy atom. The summed E-state index contributed by atoms with van der Waals surface area (Å²) in [4.78, 5) is 2.59. The molecule has 112 valence electrons. The SMILES string of the molecule is COc1ccc([C@H]2C[C@@H](C)N(CCCCCO)C2)cc1. The van der Waals surface area contributed by atoms with Gasteiger partial charge >= 0.3 is 0 Å². The van der Waals surface area contributed by atoms with Crippen LogP contribution >= 0.6 is 0 Å². The van der Waals surface area contributed by atoms with Crippen LogP contribution in [0.1, 0.15) is 44.1 Å². The van der Waals surface area contributed by atoms with E-state index >= 15 is 0 Å². The van der Waals surface area contributed by atoms with E-state index in [1.165, 1.54) is 18.4 Å². The molecule has 0 bridgehead atoms. The summed E-state index contributed by atoms with van der Waals surface area (Å²) in [6, 6.07) is 9.18. The highest BCUT2D eigenvalue weighted by Gasteiger charge is 2.29. The third-order valence-corrected chi connectivity index (χ3v) is 4.39. The monoisotopic (exact) mass is 277 g/mol. The van der Waals surface area contributed by atoms with Gasteiger partial charge in [-0.2, -0.15) is 0 Å². The van der Waals surface area contributed by atoms with Crippen LogP contribution in [-0.2, 0) is 0 Å². The van der Waals surface area contributed by atoms with Crippen molar-refractivity contribution in [3.05, 3.63) is 29.8 Å². The van der Waals surface area contributed by atoms with Crippen LogP contribution < -0.4 is 4.74 Å². The molecule has 0 amide bonds. The minimum Gasteiger partial charge on any atom is -0.497 e. The van der Waals surface area contributed by atoms with Gasteiger partial charge in [0.05, 0.1) is 7.11 Å². The zero-order valence-electron chi connectivity index (χ0n) is 12.7. The summed E-state index contributed by atoms with van der Waals surface area (Å²) in [6.07, 6.45) is 4.50. The molecule has 2 atom stereocenters. The van der Waals surface area contributed by atoms with Gasteiger partial charge in [-0.25, -0.2) is 0 Å². The Balaban J connectivity index is 1.85. The van der Waals surface area contributed by atoms with Gasteiger partial charge in [0.15, 0.2) is 0 Å². The highest BCUT2D eigenvalue weighted by atomic mass is 16.5. The molecule has 1 aromatic carbocycles. The quantitative estimate of drug-likeness (QED) is 0.778. The zero-order valence-corrected chi connectivity index (χ0v) is 12.7. The van der Waals surface area contributed by atoms with Crippen LogP contribution in [0.4, 0.5) is 0 Å². The molecule has 3 heteroatoms. The number of aliphatic hydroxyl groups is 1. The van der Waals surface area contributed by atoms with Gasteiger partial charge in [0.25, 0.3) is 0 Å². The lowest BCUT2D eigenvalue weighted by Crippen LogP contribution is -2.28. The van der Waals surface area contributed by atoms with E-state index in [9.17, 15) is 0 Å². The van der Waals surface area contributed by atoms with E-state index in [0.717, 1.165) is 31.7 Å². The van der Waals surface area contributed by atoms with Crippen molar-refractivity contribution < 1.29 is 9.84 Å². The van der Waals surface area contributed by atoms with Gasteiger partial charge in [-0.3, -0.25) is 0 Å². The maximum atomic E-state index is 8.82. The topological polar surface area (TPSA) is 32.7 Å². The Labute approximate surface area is 122 Å². The van der Waals surface area contributed by atoms with E-state index in [-0.39, 0.29) is 0 Å². The van der Waals surface area contributed by atoms with Crippen LogP contribution in [0.5, 0.6) is 5.75 Å². The second kappa shape index (κ2) is 7.65. The van der Waals surface area contributed by atoms with Crippen LogP contribution in [0.3, 0.4) is 0 Å². The fourth-order valence-electron chi connectivity index (χ4n) is 3.13. The molecule has 0 unspecified atom stereocenters. The third kappa shape index (κ3) is 3.97. The Hall–Kier alpha value is -1.06. The first-order valence-corrected chi connectivity index (χ1v) is 7.73. The first-order valence-electron chi connectivity index (χ1n) is 7.73.